The molecule has 6 rings (SSSR count). The number of pyridine rings is 2. The van der Waals surface area contributed by atoms with Gasteiger partial charge in [0.05, 0.1) is 0 Å². The largest absolute Gasteiger partial charge is 0.444 e. The smallest absolute Gasteiger partial charge is 0.407 e. The predicted octanol–water partition coefficient (Wildman–Crippen LogP) is 10.3. The SMILES string of the molecule is CCN(c1cc(Br)cc(C(=O)NCc2c(C)cc(C)[nH]c2=O)c1C)C1CCC(N(C)C)CC1.CCN(c1cc(Br)cc(C(=O)NCc2c(C)cc(C)[nH]c2=O)c1C)C1CCC(NC(=O)OC(C)(C)C)CC1. The number of H-pyrrole nitrogens is 2. The molecule has 2 aliphatic carbocycles. The van der Waals surface area contributed by atoms with Crippen molar-refractivity contribution in [3.63, 3.8) is 0 Å². The first-order valence-electron chi connectivity index (χ1n) is 25.2. The first kappa shape index (κ1) is 57.0. The highest BCUT2D eigenvalue weighted by Gasteiger charge is 2.31. The number of ether oxygens (including phenoxy) is 1. The van der Waals surface area contributed by atoms with Crippen LogP contribution in [0.2, 0.25) is 0 Å². The predicted molar refractivity (Wildman–Crippen MR) is 294 cm³/mol. The molecule has 0 bridgehead atoms. The van der Waals surface area contributed by atoms with Gasteiger partial charge in [0.25, 0.3) is 22.9 Å². The number of aryl methyl sites for hydroxylation is 4. The summed E-state index contributed by atoms with van der Waals surface area (Å²) in [4.78, 5) is 76.1. The van der Waals surface area contributed by atoms with Crippen LogP contribution >= 0.6 is 31.9 Å². The van der Waals surface area contributed by atoms with Gasteiger partial charge in [0, 0.05) is 104 Å². The number of aromatic nitrogens is 2. The van der Waals surface area contributed by atoms with Crippen molar-refractivity contribution in [1.82, 2.24) is 30.8 Å². The second-order valence-corrected chi connectivity index (χ2v) is 22.4. The van der Waals surface area contributed by atoms with E-state index < -0.39 is 5.60 Å². The standard InChI is InChI=1S/C29H41BrN4O4.C26H37BrN4O2/c1-8-34(22-11-9-21(10-12-22)33-28(37)38-29(5,6)7)25-15-20(30)14-23(19(25)4)26(35)31-16-24-17(2)13-18(3)32-27(24)36;1-7-31(21-10-8-20(9-11-21)30(5)6)24-14-19(27)13-22(18(24)4)25(32)28-15-23-16(2)12-17(3)29-26(23)33/h13-15,21-22H,8-12,16H2,1-7H3,(H,31,35)(H,32,36)(H,33,37);12-14,20-21H,7-11,15H2,1-6H3,(H,28,32)(H,29,33). The maximum absolute atomic E-state index is 13.2. The van der Waals surface area contributed by atoms with Crippen LogP contribution in [0.1, 0.15) is 151 Å². The number of halogens is 2. The zero-order valence-corrected chi connectivity index (χ0v) is 47.5. The van der Waals surface area contributed by atoms with Crippen LogP contribution in [0.25, 0.3) is 0 Å². The first-order chi connectivity index (χ1) is 33.4. The number of benzene rings is 2. The molecule has 3 amide bonds. The van der Waals surface area contributed by atoms with E-state index in [1.807, 2.05) is 86.6 Å². The summed E-state index contributed by atoms with van der Waals surface area (Å²) in [6.07, 6.45) is 7.91. The number of aromatic amines is 2. The van der Waals surface area contributed by atoms with Crippen LogP contribution in [-0.2, 0) is 17.8 Å². The van der Waals surface area contributed by atoms with Gasteiger partial charge in [-0.3, -0.25) is 19.2 Å². The zero-order chi connectivity index (χ0) is 52.5. The summed E-state index contributed by atoms with van der Waals surface area (Å²) in [5.41, 5.74) is 8.87. The van der Waals surface area contributed by atoms with Gasteiger partial charge in [0.15, 0.2) is 0 Å². The van der Waals surface area contributed by atoms with Gasteiger partial charge in [-0.25, -0.2) is 4.79 Å². The molecule has 0 atom stereocenters. The molecule has 4 aromatic rings. The molecule has 0 aliphatic heterocycles. The van der Waals surface area contributed by atoms with Crippen LogP contribution in [0.5, 0.6) is 0 Å². The highest BCUT2D eigenvalue weighted by molar-refractivity contribution is 9.10. The molecule has 0 radical (unpaired) electrons. The second kappa shape index (κ2) is 25.1. The van der Waals surface area contributed by atoms with Gasteiger partial charge < -0.3 is 45.4 Å². The van der Waals surface area contributed by atoms with E-state index in [1.54, 1.807) is 0 Å². The van der Waals surface area contributed by atoms with Gasteiger partial charge in [-0.05, 0) is 200 Å². The fourth-order valence-electron chi connectivity index (χ4n) is 10.3. The quantitative estimate of drug-likeness (QED) is 0.0824. The number of rotatable bonds is 14. The number of carbonyl (C=O) groups is 3. The number of carbonyl (C=O) groups excluding carboxylic acids is 3. The molecule has 0 saturated heterocycles. The Morgan fingerprint density at radius 3 is 1.35 bits per heavy atom. The highest BCUT2D eigenvalue weighted by Crippen LogP contribution is 2.36. The lowest BCUT2D eigenvalue weighted by Crippen LogP contribution is -2.45. The Balaban J connectivity index is 0.000000267. The number of nitrogens with one attached hydrogen (secondary N) is 5. The number of nitrogens with zero attached hydrogens (tertiary/aromatic N) is 3. The summed E-state index contributed by atoms with van der Waals surface area (Å²) in [6.45, 7) is 23.4. The molecule has 16 heteroatoms. The van der Waals surface area contributed by atoms with Gasteiger partial charge in [-0.1, -0.05) is 31.9 Å². The fourth-order valence-corrected chi connectivity index (χ4v) is 11.2. The van der Waals surface area contributed by atoms with E-state index in [0.717, 1.165) is 106 Å². The van der Waals surface area contributed by atoms with Crippen molar-refractivity contribution < 1.29 is 19.1 Å². The molecule has 2 aromatic heterocycles. The minimum Gasteiger partial charge on any atom is -0.444 e. The highest BCUT2D eigenvalue weighted by atomic mass is 79.9. The molecule has 388 valence electrons. The Bertz CT molecular complexity index is 2640. The van der Waals surface area contributed by atoms with E-state index in [9.17, 15) is 24.0 Å². The Kier molecular flexibility index (Phi) is 20.2. The van der Waals surface area contributed by atoms with Crippen molar-refractivity contribution in [3.8, 4) is 0 Å². The third kappa shape index (κ3) is 15.3. The minimum atomic E-state index is -0.517. The van der Waals surface area contributed by atoms with E-state index >= 15 is 0 Å². The molecule has 14 nitrogen and oxygen atoms in total. The lowest BCUT2D eigenvalue weighted by molar-refractivity contribution is 0.0490. The Hall–Kier alpha value is -4.93. The van der Waals surface area contributed by atoms with Crippen LogP contribution in [0.4, 0.5) is 16.2 Å². The van der Waals surface area contributed by atoms with Gasteiger partial charge in [-0.2, -0.15) is 0 Å². The monoisotopic (exact) mass is 1100 g/mol. The van der Waals surface area contributed by atoms with Crippen LogP contribution < -0.4 is 36.9 Å². The third-order valence-corrected chi connectivity index (χ3v) is 14.9. The summed E-state index contributed by atoms with van der Waals surface area (Å²) < 4.78 is 7.13. The van der Waals surface area contributed by atoms with Crippen molar-refractivity contribution in [1.29, 1.82) is 0 Å². The number of hydrogen-bond acceptors (Lipinski definition) is 9. The molecule has 71 heavy (non-hydrogen) atoms. The zero-order valence-electron chi connectivity index (χ0n) is 44.3. The first-order valence-corrected chi connectivity index (χ1v) is 26.7. The van der Waals surface area contributed by atoms with Gasteiger partial charge >= 0.3 is 6.09 Å². The average Bonchev–Trinajstić information content (AvgIpc) is 3.28. The maximum atomic E-state index is 13.2. The van der Waals surface area contributed by atoms with Crippen LogP contribution in [0.3, 0.4) is 0 Å². The minimum absolute atomic E-state index is 0.0955. The average molecular weight is 1110 g/mol. The third-order valence-electron chi connectivity index (χ3n) is 14.0. The molecule has 0 unspecified atom stereocenters. The van der Waals surface area contributed by atoms with Crippen molar-refractivity contribution in [2.45, 2.75) is 170 Å². The summed E-state index contributed by atoms with van der Waals surface area (Å²) in [5, 5.41) is 8.91. The van der Waals surface area contributed by atoms with Gasteiger partial charge in [-0.15, -0.1) is 0 Å². The van der Waals surface area contributed by atoms with E-state index in [0.29, 0.717) is 40.4 Å². The van der Waals surface area contributed by atoms with E-state index in [4.69, 9.17) is 4.74 Å². The summed E-state index contributed by atoms with van der Waals surface area (Å²) in [7, 11) is 4.33. The van der Waals surface area contributed by atoms with Gasteiger partial charge in [0.2, 0.25) is 0 Å². The molecule has 2 fully saturated rings. The van der Waals surface area contributed by atoms with E-state index in [-0.39, 0.29) is 48.2 Å². The number of alkyl carbamates (subject to hydrolysis) is 1. The number of amides is 3. The second-order valence-electron chi connectivity index (χ2n) is 20.6. The van der Waals surface area contributed by atoms with Crippen LogP contribution in [-0.4, -0.2) is 89.7 Å². The summed E-state index contributed by atoms with van der Waals surface area (Å²) in [5.74, 6) is -0.382. The van der Waals surface area contributed by atoms with E-state index in [1.165, 1.54) is 12.8 Å². The van der Waals surface area contributed by atoms with Crippen molar-refractivity contribution in [3.05, 3.63) is 122 Å². The molecule has 2 aliphatic rings. The normalized spacial score (nSPS) is 18.0. The summed E-state index contributed by atoms with van der Waals surface area (Å²) in [6, 6.07) is 13.2. The lowest BCUT2D eigenvalue weighted by atomic mass is 9.89. The van der Waals surface area contributed by atoms with Crippen LogP contribution in [0, 0.1) is 41.5 Å². The fraction of sp³-hybridized carbons (Fsp3) is 0.545. The summed E-state index contributed by atoms with van der Waals surface area (Å²) >= 11 is 7.23. The Labute approximate surface area is 438 Å². The van der Waals surface area contributed by atoms with Gasteiger partial charge in [0.1, 0.15) is 5.60 Å². The Morgan fingerprint density at radius 2 is 1.00 bits per heavy atom. The van der Waals surface area contributed by atoms with Crippen molar-refractivity contribution in [2.75, 3.05) is 37.0 Å². The van der Waals surface area contributed by atoms with Crippen LogP contribution in [0.15, 0.2) is 54.9 Å². The molecule has 0 spiro atoms. The number of hydrogen-bond donors (Lipinski definition) is 5. The maximum Gasteiger partial charge on any atom is 0.407 e. The van der Waals surface area contributed by atoms with E-state index in [2.05, 4.69) is 113 Å². The number of anilines is 2. The van der Waals surface area contributed by atoms with Crippen molar-refractivity contribution in [2.24, 2.45) is 0 Å². The molecule has 2 heterocycles. The topological polar surface area (TPSA) is 172 Å². The molecule has 2 saturated carbocycles. The molecule has 5 N–H and O–H groups in total. The molecular formula is C55H78Br2N8O6. The molecular weight excluding hydrogens is 1030 g/mol. The molecule has 2 aromatic carbocycles. The lowest BCUT2D eigenvalue weighted by Gasteiger charge is -2.40. The van der Waals surface area contributed by atoms with Crippen molar-refractivity contribution >= 4 is 61.1 Å². The Morgan fingerprint density at radius 1 is 0.620 bits per heavy atom.